The number of nitriles is 1. The van der Waals surface area contributed by atoms with Crippen molar-refractivity contribution in [3.63, 3.8) is 0 Å². The standard InChI is InChI=1S/C23H33N5O3S/c1-23(2)11-17-18(12-24)22(32-3)26-21(19(17)15-31-23)28-8-6-27(7-9-28)14-20(29)25-13-16-5-4-10-30-16/h16H,4-11,13-15H2,1-3H3,(H,25,29)/t16-/m1/s1. The molecule has 32 heavy (non-hydrogen) atoms. The van der Waals surface area contributed by atoms with E-state index < -0.39 is 0 Å². The summed E-state index contributed by atoms with van der Waals surface area (Å²) in [7, 11) is 0. The lowest BCUT2D eigenvalue weighted by atomic mass is 9.89. The lowest BCUT2D eigenvalue weighted by Gasteiger charge is -2.39. The van der Waals surface area contributed by atoms with Crippen LogP contribution in [0.1, 0.15) is 43.4 Å². The van der Waals surface area contributed by atoms with E-state index in [2.05, 4.69) is 35.0 Å². The minimum atomic E-state index is -0.289. The van der Waals surface area contributed by atoms with Crippen LogP contribution >= 0.6 is 11.8 Å². The Morgan fingerprint density at radius 2 is 2.09 bits per heavy atom. The van der Waals surface area contributed by atoms with Crippen molar-refractivity contribution in [1.82, 2.24) is 15.2 Å². The van der Waals surface area contributed by atoms with E-state index in [1.165, 1.54) is 11.8 Å². The number of hydrogen-bond acceptors (Lipinski definition) is 8. The van der Waals surface area contributed by atoms with Crippen molar-refractivity contribution < 1.29 is 14.3 Å². The van der Waals surface area contributed by atoms with Gasteiger partial charge in [0.15, 0.2) is 0 Å². The lowest BCUT2D eigenvalue weighted by molar-refractivity contribution is -0.122. The first-order valence-electron chi connectivity index (χ1n) is 11.4. The summed E-state index contributed by atoms with van der Waals surface area (Å²) in [5.41, 5.74) is 2.52. The molecule has 4 rings (SSSR count). The van der Waals surface area contributed by atoms with E-state index in [0.29, 0.717) is 31.7 Å². The molecule has 0 aliphatic carbocycles. The fourth-order valence-electron chi connectivity index (χ4n) is 4.66. The van der Waals surface area contributed by atoms with Crippen LogP contribution in [0.25, 0.3) is 0 Å². The predicted molar refractivity (Wildman–Crippen MR) is 124 cm³/mol. The van der Waals surface area contributed by atoms with Crippen LogP contribution in [0, 0.1) is 11.3 Å². The quantitative estimate of drug-likeness (QED) is 0.646. The number of anilines is 1. The fourth-order valence-corrected chi connectivity index (χ4v) is 5.21. The van der Waals surface area contributed by atoms with Crippen LogP contribution in [-0.2, 0) is 27.3 Å². The van der Waals surface area contributed by atoms with Gasteiger partial charge in [-0.3, -0.25) is 9.69 Å². The van der Waals surface area contributed by atoms with Gasteiger partial charge in [0.25, 0.3) is 0 Å². The Bertz CT molecular complexity index is 887. The minimum absolute atomic E-state index is 0.0585. The molecular formula is C23H33N5O3S. The van der Waals surface area contributed by atoms with Crippen LogP contribution in [0.5, 0.6) is 0 Å². The molecule has 1 N–H and O–H groups in total. The van der Waals surface area contributed by atoms with Gasteiger partial charge in [-0.2, -0.15) is 5.26 Å². The Balaban J connectivity index is 1.41. The Hall–Kier alpha value is -1.86. The van der Waals surface area contributed by atoms with E-state index in [1.54, 1.807) is 0 Å². The predicted octanol–water partition coefficient (Wildman–Crippen LogP) is 1.94. The number of carbonyl (C=O) groups excluding carboxylic acids is 1. The number of thioether (sulfide) groups is 1. The van der Waals surface area contributed by atoms with Crippen LogP contribution in [-0.4, -0.2) is 79.6 Å². The van der Waals surface area contributed by atoms with Gasteiger partial charge < -0.3 is 19.7 Å². The molecule has 0 radical (unpaired) electrons. The molecule has 1 aromatic heterocycles. The highest BCUT2D eigenvalue weighted by Gasteiger charge is 2.34. The van der Waals surface area contributed by atoms with Gasteiger partial charge in [0.05, 0.1) is 30.4 Å². The second-order valence-corrected chi connectivity index (χ2v) is 10.1. The highest BCUT2D eigenvalue weighted by molar-refractivity contribution is 7.98. The summed E-state index contributed by atoms with van der Waals surface area (Å²) in [5, 5.41) is 13.6. The average Bonchev–Trinajstić information content (AvgIpc) is 3.30. The third-order valence-electron chi connectivity index (χ3n) is 6.46. The van der Waals surface area contributed by atoms with E-state index >= 15 is 0 Å². The van der Waals surface area contributed by atoms with Crippen molar-refractivity contribution in [2.45, 2.75) is 56.4 Å². The van der Waals surface area contributed by atoms with Crippen molar-refractivity contribution in [1.29, 1.82) is 5.26 Å². The van der Waals surface area contributed by atoms with Crippen molar-refractivity contribution in [3.05, 3.63) is 16.7 Å². The summed E-state index contributed by atoms with van der Waals surface area (Å²) in [6.07, 6.45) is 4.95. The highest BCUT2D eigenvalue weighted by Crippen LogP contribution is 2.38. The van der Waals surface area contributed by atoms with Gasteiger partial charge in [-0.15, -0.1) is 11.8 Å². The molecule has 3 aliphatic rings. The Morgan fingerprint density at radius 1 is 1.31 bits per heavy atom. The summed E-state index contributed by atoms with van der Waals surface area (Å²) in [6, 6.07) is 2.38. The number of ether oxygens (including phenoxy) is 2. The molecular weight excluding hydrogens is 426 g/mol. The number of fused-ring (bicyclic) bond motifs is 1. The topological polar surface area (TPSA) is 90.7 Å². The molecule has 2 fully saturated rings. The molecule has 0 unspecified atom stereocenters. The van der Waals surface area contributed by atoms with E-state index in [-0.39, 0.29) is 17.6 Å². The SMILES string of the molecule is CSc1nc(N2CCN(CC(=O)NC[C@H]3CCCO3)CC2)c2c(c1C#N)CC(C)(C)OC2. The molecule has 0 spiro atoms. The minimum Gasteiger partial charge on any atom is -0.376 e. The van der Waals surface area contributed by atoms with E-state index in [4.69, 9.17) is 14.5 Å². The number of carbonyl (C=O) groups is 1. The van der Waals surface area contributed by atoms with E-state index in [1.807, 2.05) is 6.26 Å². The molecule has 0 saturated carbocycles. The molecule has 174 valence electrons. The second-order valence-electron chi connectivity index (χ2n) is 9.32. The third-order valence-corrected chi connectivity index (χ3v) is 7.14. The van der Waals surface area contributed by atoms with Gasteiger partial charge in [0.2, 0.25) is 5.91 Å². The Labute approximate surface area is 194 Å². The number of amides is 1. The Morgan fingerprint density at radius 3 is 2.75 bits per heavy atom. The van der Waals surface area contributed by atoms with Crippen LogP contribution in [0.4, 0.5) is 5.82 Å². The molecule has 1 amide bonds. The zero-order chi connectivity index (χ0) is 22.7. The number of nitrogens with one attached hydrogen (secondary N) is 1. The molecule has 1 aromatic rings. The summed E-state index contributed by atoms with van der Waals surface area (Å²) in [4.78, 5) is 21.7. The first kappa shape index (κ1) is 23.3. The maximum Gasteiger partial charge on any atom is 0.234 e. The van der Waals surface area contributed by atoms with Gasteiger partial charge in [-0.05, 0) is 38.5 Å². The van der Waals surface area contributed by atoms with Gasteiger partial charge in [-0.25, -0.2) is 4.98 Å². The summed E-state index contributed by atoms with van der Waals surface area (Å²) in [5.74, 6) is 0.990. The monoisotopic (exact) mass is 459 g/mol. The number of piperazine rings is 1. The smallest absolute Gasteiger partial charge is 0.234 e. The number of pyridine rings is 1. The molecule has 4 heterocycles. The third kappa shape index (κ3) is 5.20. The van der Waals surface area contributed by atoms with Gasteiger partial charge in [0.1, 0.15) is 16.9 Å². The highest BCUT2D eigenvalue weighted by atomic mass is 32.2. The van der Waals surface area contributed by atoms with E-state index in [9.17, 15) is 10.1 Å². The van der Waals surface area contributed by atoms with Gasteiger partial charge in [-0.1, -0.05) is 0 Å². The maximum absolute atomic E-state index is 12.3. The number of hydrogen-bond donors (Lipinski definition) is 1. The van der Waals surface area contributed by atoms with Gasteiger partial charge in [0, 0.05) is 51.3 Å². The molecule has 0 aromatic carbocycles. The first-order valence-corrected chi connectivity index (χ1v) is 12.6. The van der Waals surface area contributed by atoms with Crippen LogP contribution in [0.3, 0.4) is 0 Å². The molecule has 0 bridgehead atoms. The average molecular weight is 460 g/mol. The van der Waals surface area contributed by atoms with Gasteiger partial charge >= 0.3 is 0 Å². The zero-order valence-corrected chi connectivity index (χ0v) is 20.1. The summed E-state index contributed by atoms with van der Waals surface area (Å²) in [6.45, 7) is 9.60. The van der Waals surface area contributed by atoms with Crippen molar-refractivity contribution in [2.24, 2.45) is 0 Å². The molecule has 3 aliphatic heterocycles. The largest absolute Gasteiger partial charge is 0.376 e. The second kappa shape index (κ2) is 9.96. The molecule has 8 nitrogen and oxygen atoms in total. The van der Waals surface area contributed by atoms with Crippen LogP contribution in [0.2, 0.25) is 0 Å². The van der Waals surface area contributed by atoms with Crippen LogP contribution in [0.15, 0.2) is 5.03 Å². The first-order chi connectivity index (χ1) is 15.4. The van der Waals surface area contributed by atoms with E-state index in [0.717, 1.165) is 67.6 Å². The van der Waals surface area contributed by atoms with Crippen molar-refractivity contribution in [2.75, 3.05) is 57.0 Å². The Kier molecular flexibility index (Phi) is 7.25. The normalized spacial score (nSPS) is 22.9. The summed E-state index contributed by atoms with van der Waals surface area (Å²) >= 11 is 1.52. The number of aromatic nitrogens is 1. The number of rotatable bonds is 6. The fraction of sp³-hybridized carbons (Fsp3) is 0.696. The maximum atomic E-state index is 12.3. The molecule has 1 atom stereocenters. The van der Waals surface area contributed by atoms with Crippen LogP contribution < -0.4 is 10.2 Å². The number of nitrogens with zero attached hydrogens (tertiary/aromatic N) is 4. The van der Waals surface area contributed by atoms with Crippen molar-refractivity contribution in [3.8, 4) is 6.07 Å². The zero-order valence-electron chi connectivity index (χ0n) is 19.3. The lowest BCUT2D eigenvalue weighted by Crippen LogP contribution is -2.50. The molecule has 9 heteroatoms. The summed E-state index contributed by atoms with van der Waals surface area (Å²) < 4.78 is 11.7. The molecule has 2 saturated heterocycles. The van der Waals surface area contributed by atoms with Crippen molar-refractivity contribution >= 4 is 23.5 Å².